The van der Waals surface area contributed by atoms with Crippen LogP contribution in [0.25, 0.3) is 22.6 Å². The number of aromatic nitrogens is 4. The van der Waals surface area contributed by atoms with Gasteiger partial charge in [0, 0.05) is 12.1 Å². The van der Waals surface area contributed by atoms with Crippen molar-refractivity contribution in [3.05, 3.63) is 71.3 Å². The van der Waals surface area contributed by atoms with Crippen LogP contribution in [-0.4, -0.2) is 51.6 Å². The van der Waals surface area contributed by atoms with Crippen molar-refractivity contribution >= 4 is 17.1 Å². The van der Waals surface area contributed by atoms with Gasteiger partial charge in [-0.2, -0.15) is 4.98 Å². The maximum atomic E-state index is 13.5. The van der Waals surface area contributed by atoms with E-state index in [-0.39, 0.29) is 23.2 Å². The lowest BCUT2D eigenvalue weighted by molar-refractivity contribution is 0.0682. The van der Waals surface area contributed by atoms with Crippen molar-refractivity contribution in [3.8, 4) is 17.3 Å². The molecule has 2 aromatic carbocycles. The van der Waals surface area contributed by atoms with Crippen molar-refractivity contribution in [3.63, 3.8) is 0 Å². The topological polar surface area (TPSA) is 90.1 Å². The molecule has 1 aliphatic rings. The molecule has 0 aliphatic heterocycles. The molecule has 37 heavy (non-hydrogen) atoms. The Morgan fingerprint density at radius 2 is 1.76 bits per heavy atom. The number of rotatable bonds is 7. The summed E-state index contributed by atoms with van der Waals surface area (Å²) in [7, 11) is 1.00. The minimum Gasteiger partial charge on any atom is -0.476 e. The summed E-state index contributed by atoms with van der Waals surface area (Å²) >= 11 is 0. The van der Waals surface area contributed by atoms with Gasteiger partial charge >= 0.3 is 5.97 Å². The van der Waals surface area contributed by atoms with Crippen LogP contribution in [0.15, 0.2) is 48.5 Å². The van der Waals surface area contributed by atoms with Crippen molar-refractivity contribution in [1.29, 1.82) is 0 Å². The number of carboxylic acids is 1. The lowest BCUT2D eigenvalue weighted by atomic mass is 9.86. The minimum atomic E-state index is -1.24. The Hall–Kier alpha value is -3.95. The first kappa shape index (κ1) is 27.6. The van der Waals surface area contributed by atoms with Gasteiger partial charge < -0.3 is 14.4 Å². The normalized spacial score (nSPS) is 12.6. The third-order valence-electron chi connectivity index (χ3n) is 5.97. The number of aryl methyl sites for hydroxylation is 1. The Labute approximate surface area is 213 Å². The summed E-state index contributed by atoms with van der Waals surface area (Å²) in [4.78, 5) is 24.8. The highest BCUT2D eigenvalue weighted by atomic mass is 19.1. The summed E-state index contributed by atoms with van der Waals surface area (Å²) in [6, 6.07) is 14.1. The van der Waals surface area contributed by atoms with E-state index in [2.05, 4.69) is 9.97 Å². The van der Waals surface area contributed by atoms with Gasteiger partial charge in [-0.1, -0.05) is 42.3 Å². The smallest absolute Gasteiger partial charge is 0.374 e. The lowest BCUT2D eigenvalue weighted by Crippen LogP contribution is -2.20. The second-order valence-electron chi connectivity index (χ2n) is 8.46. The summed E-state index contributed by atoms with van der Waals surface area (Å²) in [6.07, 6.45) is 3.35. The predicted octanol–water partition coefficient (Wildman–Crippen LogP) is 6.04. The Morgan fingerprint density at radius 1 is 1.05 bits per heavy atom. The molecule has 10 heteroatoms. The maximum absolute atomic E-state index is 13.5. The van der Waals surface area contributed by atoms with E-state index < -0.39 is 5.97 Å². The van der Waals surface area contributed by atoms with Gasteiger partial charge in [-0.25, -0.2) is 19.2 Å². The van der Waals surface area contributed by atoms with Gasteiger partial charge in [0.05, 0.1) is 21.0 Å². The van der Waals surface area contributed by atoms with Crippen molar-refractivity contribution < 1.29 is 27.8 Å². The standard InChI is InChI=1S/C25H23FN4O3.2CH3F/c1-15-4-2-7-18(12-15)23-28-21-20(30(23)13-16-8-10-19(26)11-9-16)24(29-22(27-21)25(31)32)33-14-17-5-3-6-17;2*1-2/h2,4,7-12,17H,3,5-6,13-14H2,1H3,(H,31,32);2*1H3. The Morgan fingerprint density at radius 3 is 2.35 bits per heavy atom. The number of carbonyl (C=O) groups is 1. The molecule has 0 radical (unpaired) electrons. The summed E-state index contributed by atoms with van der Waals surface area (Å²) < 4.78 is 40.5. The van der Waals surface area contributed by atoms with Crippen LogP contribution >= 0.6 is 0 Å². The number of carboxylic acid groups (broad SMARTS) is 1. The zero-order valence-corrected chi connectivity index (χ0v) is 20.9. The van der Waals surface area contributed by atoms with E-state index >= 15 is 0 Å². The van der Waals surface area contributed by atoms with Gasteiger partial charge in [0.25, 0.3) is 0 Å². The van der Waals surface area contributed by atoms with Gasteiger partial charge in [-0.3, -0.25) is 8.78 Å². The van der Waals surface area contributed by atoms with E-state index in [9.17, 15) is 23.1 Å². The number of hydrogen-bond acceptors (Lipinski definition) is 5. The second-order valence-corrected chi connectivity index (χ2v) is 8.46. The average Bonchev–Trinajstić information content (AvgIpc) is 3.25. The van der Waals surface area contributed by atoms with E-state index in [0.29, 0.717) is 44.8 Å². The van der Waals surface area contributed by atoms with Crippen LogP contribution < -0.4 is 4.74 Å². The largest absolute Gasteiger partial charge is 0.476 e. The number of ether oxygens (including phenoxy) is 1. The van der Waals surface area contributed by atoms with Gasteiger partial charge in [-0.05, 0) is 49.4 Å². The average molecular weight is 515 g/mol. The van der Waals surface area contributed by atoms with E-state index in [0.717, 1.165) is 29.5 Å². The number of imidazole rings is 1. The summed E-state index contributed by atoms with van der Waals surface area (Å²) in [5, 5.41) is 9.54. The third kappa shape index (κ3) is 6.44. The molecular weight excluding hydrogens is 485 g/mol. The number of alkyl halides is 2. The maximum Gasteiger partial charge on any atom is 0.374 e. The molecule has 5 rings (SSSR count). The molecule has 1 saturated carbocycles. The molecule has 1 N–H and O–H groups in total. The van der Waals surface area contributed by atoms with Crippen LogP contribution in [0.4, 0.5) is 13.2 Å². The number of aromatic carboxylic acids is 1. The molecule has 0 bridgehead atoms. The van der Waals surface area contributed by atoms with Crippen molar-refractivity contribution in [2.45, 2.75) is 32.7 Å². The highest BCUT2D eigenvalue weighted by molar-refractivity contribution is 5.89. The Balaban J connectivity index is 0.000000907. The molecule has 0 spiro atoms. The second kappa shape index (κ2) is 12.8. The van der Waals surface area contributed by atoms with Gasteiger partial charge in [0.15, 0.2) is 11.2 Å². The number of fused-ring (bicyclic) bond motifs is 1. The van der Waals surface area contributed by atoms with Crippen LogP contribution in [-0.2, 0) is 6.54 Å². The number of hydrogen-bond donors (Lipinski definition) is 1. The summed E-state index contributed by atoms with van der Waals surface area (Å²) in [5.41, 5.74) is 3.56. The summed E-state index contributed by atoms with van der Waals surface area (Å²) in [5.74, 6) is -0.648. The van der Waals surface area contributed by atoms with E-state index in [4.69, 9.17) is 9.72 Å². The van der Waals surface area contributed by atoms with Gasteiger partial charge in [0.1, 0.15) is 11.6 Å². The van der Waals surface area contributed by atoms with Crippen LogP contribution in [0, 0.1) is 18.7 Å². The molecule has 2 aromatic heterocycles. The molecule has 0 unspecified atom stereocenters. The zero-order valence-electron chi connectivity index (χ0n) is 20.9. The molecule has 2 heterocycles. The first-order valence-electron chi connectivity index (χ1n) is 11.7. The molecular formula is C27H29F3N4O3. The quantitative estimate of drug-likeness (QED) is 0.324. The number of nitrogens with zero attached hydrogens (tertiary/aromatic N) is 4. The van der Waals surface area contributed by atoms with Crippen LogP contribution in [0.3, 0.4) is 0 Å². The highest BCUT2D eigenvalue weighted by Crippen LogP contribution is 2.32. The fraction of sp³-hybridized carbons (Fsp3) is 0.333. The van der Waals surface area contributed by atoms with E-state index in [1.807, 2.05) is 35.8 Å². The molecule has 0 saturated heterocycles. The van der Waals surface area contributed by atoms with Crippen LogP contribution in [0.2, 0.25) is 0 Å². The zero-order chi connectivity index (χ0) is 26.9. The fourth-order valence-electron chi connectivity index (χ4n) is 3.99. The Kier molecular flexibility index (Phi) is 9.59. The van der Waals surface area contributed by atoms with Gasteiger partial charge in [-0.15, -0.1) is 0 Å². The number of halogens is 3. The molecule has 196 valence electrons. The molecule has 0 atom stereocenters. The third-order valence-corrected chi connectivity index (χ3v) is 5.97. The number of benzene rings is 2. The molecule has 7 nitrogen and oxygen atoms in total. The van der Waals surface area contributed by atoms with Crippen LogP contribution in [0.1, 0.15) is 41.0 Å². The summed E-state index contributed by atoms with van der Waals surface area (Å²) in [6.45, 7) is 2.83. The van der Waals surface area contributed by atoms with Crippen LogP contribution in [0.5, 0.6) is 5.88 Å². The van der Waals surface area contributed by atoms with Crippen molar-refractivity contribution in [2.24, 2.45) is 5.92 Å². The molecule has 1 aliphatic carbocycles. The van der Waals surface area contributed by atoms with Crippen molar-refractivity contribution in [2.75, 3.05) is 21.0 Å². The SMILES string of the molecule is CF.CF.Cc1cccc(-c2nc3nc(C(=O)O)nc(OCC4CCC4)c3n2Cc2ccc(F)cc2)c1. The first-order chi connectivity index (χ1) is 18.0. The van der Waals surface area contributed by atoms with E-state index in [1.165, 1.54) is 18.6 Å². The van der Waals surface area contributed by atoms with E-state index in [1.54, 1.807) is 12.1 Å². The van der Waals surface area contributed by atoms with Crippen molar-refractivity contribution in [1.82, 2.24) is 19.5 Å². The highest BCUT2D eigenvalue weighted by Gasteiger charge is 2.25. The molecule has 4 aromatic rings. The first-order valence-corrected chi connectivity index (χ1v) is 11.7. The molecule has 0 amide bonds. The molecule has 1 fully saturated rings. The van der Waals surface area contributed by atoms with Gasteiger partial charge in [0.2, 0.25) is 11.7 Å². The lowest BCUT2D eigenvalue weighted by Gasteiger charge is -2.25. The Bertz CT molecular complexity index is 1340. The predicted molar refractivity (Wildman–Crippen MR) is 135 cm³/mol. The monoisotopic (exact) mass is 514 g/mol. The minimum absolute atomic E-state index is 0.206. The fourth-order valence-corrected chi connectivity index (χ4v) is 3.99.